The zero-order valence-corrected chi connectivity index (χ0v) is 14.6. The van der Waals surface area contributed by atoms with Gasteiger partial charge in [-0.25, -0.2) is 0 Å². The highest BCUT2D eigenvalue weighted by Gasteiger charge is 2.31. The van der Waals surface area contributed by atoms with E-state index in [0.29, 0.717) is 19.3 Å². The Bertz CT molecular complexity index is 381. The summed E-state index contributed by atoms with van der Waals surface area (Å²) in [5, 5.41) is 18.5. The van der Waals surface area contributed by atoms with Crippen molar-refractivity contribution in [3.8, 4) is 0 Å². The largest absolute Gasteiger partial charge is 0.481 e. The van der Waals surface area contributed by atoms with Crippen molar-refractivity contribution in [1.29, 1.82) is 0 Å². The van der Waals surface area contributed by atoms with E-state index in [1.807, 2.05) is 0 Å². The predicted octanol–water partition coefficient (Wildman–Crippen LogP) is 3.97. The zero-order chi connectivity index (χ0) is 17.7. The van der Waals surface area contributed by atoms with Crippen molar-refractivity contribution >= 4 is 11.9 Å². The molecule has 0 heterocycles. The molecule has 0 saturated heterocycles. The van der Waals surface area contributed by atoms with Crippen LogP contribution in [0.25, 0.3) is 0 Å². The molecule has 0 aromatic rings. The highest BCUT2D eigenvalue weighted by atomic mass is 16.4. The van der Waals surface area contributed by atoms with Gasteiger partial charge in [-0.2, -0.15) is 0 Å². The molecule has 0 aliphatic heterocycles. The van der Waals surface area contributed by atoms with Crippen LogP contribution in [0.15, 0.2) is 12.2 Å². The van der Waals surface area contributed by atoms with Gasteiger partial charge in [0.2, 0.25) is 0 Å². The molecule has 0 aliphatic rings. The summed E-state index contributed by atoms with van der Waals surface area (Å²) in [5.74, 6) is -2.17. The van der Waals surface area contributed by atoms with E-state index in [1.165, 1.54) is 0 Å². The maximum absolute atomic E-state index is 11.4. The Morgan fingerprint density at radius 2 is 1.65 bits per heavy atom. The molecule has 0 fully saturated rings. The number of hydrogen-bond acceptors (Lipinski definition) is 3. The van der Waals surface area contributed by atoms with Crippen molar-refractivity contribution in [2.24, 2.45) is 11.7 Å². The number of hydrogen-bond donors (Lipinski definition) is 3. The Labute approximate surface area is 140 Å². The summed E-state index contributed by atoms with van der Waals surface area (Å²) in [6.45, 7) is 4.14. The van der Waals surface area contributed by atoms with Gasteiger partial charge in [0.15, 0.2) is 0 Å². The van der Waals surface area contributed by atoms with E-state index in [4.69, 9.17) is 5.73 Å². The minimum Gasteiger partial charge on any atom is -0.481 e. The molecule has 0 rings (SSSR count). The lowest BCUT2D eigenvalue weighted by Crippen LogP contribution is -2.47. The van der Waals surface area contributed by atoms with Crippen LogP contribution in [0.5, 0.6) is 0 Å². The minimum atomic E-state index is -1.24. The molecule has 4 N–H and O–H groups in total. The van der Waals surface area contributed by atoms with E-state index in [0.717, 1.165) is 38.5 Å². The topological polar surface area (TPSA) is 101 Å². The fraction of sp³-hybridized carbons (Fsp3) is 0.778. The van der Waals surface area contributed by atoms with Gasteiger partial charge in [0.25, 0.3) is 0 Å². The molecule has 0 aromatic carbocycles. The maximum atomic E-state index is 11.4. The van der Waals surface area contributed by atoms with Crippen LogP contribution < -0.4 is 5.73 Å². The maximum Gasteiger partial charge on any atom is 0.323 e. The molecule has 2 unspecified atom stereocenters. The lowest BCUT2D eigenvalue weighted by Gasteiger charge is -2.23. The molecule has 23 heavy (non-hydrogen) atoms. The van der Waals surface area contributed by atoms with Gasteiger partial charge < -0.3 is 15.9 Å². The summed E-state index contributed by atoms with van der Waals surface area (Å²) in [6, 6.07) is 0. The predicted molar refractivity (Wildman–Crippen MR) is 92.3 cm³/mol. The van der Waals surface area contributed by atoms with Crippen molar-refractivity contribution in [3.63, 3.8) is 0 Å². The van der Waals surface area contributed by atoms with E-state index >= 15 is 0 Å². The molecule has 5 nitrogen and oxygen atoms in total. The second-order valence-corrected chi connectivity index (χ2v) is 6.36. The Morgan fingerprint density at radius 3 is 2.17 bits per heavy atom. The molecule has 2 atom stereocenters. The molecule has 0 saturated carbocycles. The van der Waals surface area contributed by atoms with Crippen LogP contribution in [-0.4, -0.2) is 27.7 Å². The lowest BCUT2D eigenvalue weighted by atomic mass is 9.89. The summed E-state index contributed by atoms with van der Waals surface area (Å²) in [4.78, 5) is 22.6. The average molecular weight is 327 g/mol. The Hall–Kier alpha value is -1.36. The summed E-state index contributed by atoms with van der Waals surface area (Å²) in [7, 11) is 0. The van der Waals surface area contributed by atoms with Crippen molar-refractivity contribution in [2.75, 3.05) is 0 Å². The van der Waals surface area contributed by atoms with Crippen LogP contribution in [0.4, 0.5) is 0 Å². The fourth-order valence-corrected chi connectivity index (χ4v) is 2.52. The van der Waals surface area contributed by atoms with Crippen LogP contribution in [0.2, 0.25) is 0 Å². The zero-order valence-electron chi connectivity index (χ0n) is 14.6. The van der Waals surface area contributed by atoms with Crippen LogP contribution in [0, 0.1) is 5.92 Å². The van der Waals surface area contributed by atoms with E-state index in [2.05, 4.69) is 13.8 Å². The first kappa shape index (κ1) is 21.6. The van der Waals surface area contributed by atoms with Gasteiger partial charge in [-0.1, -0.05) is 64.5 Å². The van der Waals surface area contributed by atoms with Gasteiger partial charge in [-0.15, -0.1) is 0 Å². The molecular formula is C18H33NO4. The first-order chi connectivity index (χ1) is 10.9. The second-order valence-electron chi connectivity index (χ2n) is 6.36. The van der Waals surface area contributed by atoms with Crippen molar-refractivity contribution < 1.29 is 19.8 Å². The van der Waals surface area contributed by atoms with Gasteiger partial charge in [0.1, 0.15) is 5.54 Å². The summed E-state index contributed by atoms with van der Waals surface area (Å²) >= 11 is 0. The molecule has 0 amide bonds. The van der Waals surface area contributed by atoms with Gasteiger partial charge >= 0.3 is 11.9 Å². The van der Waals surface area contributed by atoms with E-state index in [-0.39, 0.29) is 6.42 Å². The van der Waals surface area contributed by atoms with Crippen LogP contribution in [-0.2, 0) is 9.59 Å². The van der Waals surface area contributed by atoms with Gasteiger partial charge in [0.05, 0.1) is 5.92 Å². The van der Waals surface area contributed by atoms with Gasteiger partial charge in [-0.3, -0.25) is 9.59 Å². The number of carbonyl (C=O) groups is 2. The Balaban J connectivity index is 4.43. The monoisotopic (exact) mass is 327 g/mol. The highest BCUT2D eigenvalue weighted by Crippen LogP contribution is 2.19. The van der Waals surface area contributed by atoms with Crippen LogP contribution in [0.1, 0.15) is 78.1 Å². The molecular weight excluding hydrogens is 294 g/mol. The molecule has 0 bridgehead atoms. The van der Waals surface area contributed by atoms with Gasteiger partial charge in [-0.05, 0) is 25.7 Å². The van der Waals surface area contributed by atoms with E-state index < -0.39 is 23.4 Å². The normalized spacial score (nSPS) is 15.4. The first-order valence-electron chi connectivity index (χ1n) is 8.77. The molecule has 0 aromatic heterocycles. The summed E-state index contributed by atoms with van der Waals surface area (Å²) in [5.41, 5.74) is 4.75. The van der Waals surface area contributed by atoms with Crippen LogP contribution >= 0.6 is 0 Å². The summed E-state index contributed by atoms with van der Waals surface area (Å²) < 4.78 is 0. The first-order valence-corrected chi connectivity index (χ1v) is 8.77. The number of allylic oxidation sites excluding steroid dienone is 1. The second kappa shape index (κ2) is 12.1. The summed E-state index contributed by atoms with van der Waals surface area (Å²) in [6.07, 6.45) is 11.1. The van der Waals surface area contributed by atoms with E-state index in [1.54, 1.807) is 12.2 Å². The highest BCUT2D eigenvalue weighted by molar-refractivity contribution is 5.78. The third kappa shape index (κ3) is 9.39. The molecule has 0 radical (unpaired) electrons. The number of aliphatic carboxylic acids is 2. The smallest absolute Gasteiger partial charge is 0.323 e. The minimum absolute atomic E-state index is 0.243. The molecule has 134 valence electrons. The number of rotatable bonds is 14. The SMILES string of the molecule is CCCCCC(CC=CCC(N)(CCCCC)C(=O)O)C(=O)O. The average Bonchev–Trinajstić information content (AvgIpc) is 2.49. The van der Waals surface area contributed by atoms with Crippen molar-refractivity contribution in [1.82, 2.24) is 0 Å². The van der Waals surface area contributed by atoms with Crippen LogP contribution in [0.3, 0.4) is 0 Å². The third-order valence-electron chi connectivity index (χ3n) is 4.23. The Morgan fingerprint density at radius 1 is 1.04 bits per heavy atom. The standard InChI is InChI=1S/C18H33NO4/c1-3-5-7-11-15(16(20)21)12-8-10-14-18(19,17(22)23)13-9-6-4-2/h8,10,15H,3-7,9,11-14,19H2,1-2H3,(H,20,21)(H,22,23). The Kier molecular flexibility index (Phi) is 11.4. The molecule has 0 aliphatic carbocycles. The number of carboxylic acid groups (broad SMARTS) is 2. The quantitative estimate of drug-likeness (QED) is 0.331. The third-order valence-corrected chi connectivity index (χ3v) is 4.23. The fourth-order valence-electron chi connectivity index (χ4n) is 2.52. The van der Waals surface area contributed by atoms with Crippen molar-refractivity contribution in [2.45, 2.75) is 83.6 Å². The lowest BCUT2D eigenvalue weighted by molar-refractivity contribution is -0.144. The van der Waals surface area contributed by atoms with E-state index in [9.17, 15) is 19.8 Å². The van der Waals surface area contributed by atoms with Gasteiger partial charge in [0, 0.05) is 0 Å². The molecule has 0 spiro atoms. The number of carboxylic acids is 2. The molecule has 5 heteroatoms. The van der Waals surface area contributed by atoms with Crippen molar-refractivity contribution in [3.05, 3.63) is 12.2 Å². The number of nitrogens with two attached hydrogens (primary N) is 1. The number of unbranched alkanes of at least 4 members (excludes halogenated alkanes) is 4.